The highest BCUT2D eigenvalue weighted by atomic mass is 16.6. The highest BCUT2D eigenvalue weighted by molar-refractivity contribution is 5.92. The Labute approximate surface area is 203 Å². The van der Waals surface area contributed by atoms with E-state index in [1.807, 2.05) is 32.0 Å². The normalized spacial score (nSPS) is 12.9. The number of rotatable bonds is 12. The molecule has 0 heterocycles. The molecule has 2 unspecified atom stereocenters. The maximum atomic E-state index is 13.5. The molecule has 1 rings (SSSR count). The molecule has 0 aromatic heterocycles. The van der Waals surface area contributed by atoms with Crippen LogP contribution in [-0.4, -0.2) is 59.3 Å². The van der Waals surface area contributed by atoms with Gasteiger partial charge in [-0.25, -0.2) is 4.79 Å². The van der Waals surface area contributed by atoms with Crippen LogP contribution in [0.25, 0.3) is 0 Å². The number of aryl methyl sites for hydroxylation is 1. The van der Waals surface area contributed by atoms with Crippen molar-refractivity contribution in [2.45, 2.75) is 78.5 Å². The summed E-state index contributed by atoms with van der Waals surface area (Å²) in [6, 6.07) is 3.36. The van der Waals surface area contributed by atoms with E-state index in [9.17, 15) is 19.5 Å². The summed E-state index contributed by atoms with van der Waals surface area (Å²) in [6.45, 7) is 14.7. The Balaban J connectivity index is 3.34. The molecule has 3 amide bonds. The fraction of sp³-hybridized carbons (Fsp3) is 0.577. The van der Waals surface area contributed by atoms with Gasteiger partial charge in [0.2, 0.25) is 11.8 Å². The van der Waals surface area contributed by atoms with Gasteiger partial charge in [-0.3, -0.25) is 9.59 Å². The molecule has 0 radical (unpaired) electrons. The number of hydrogen-bond acceptors (Lipinski definition) is 5. The van der Waals surface area contributed by atoms with Crippen LogP contribution in [0.15, 0.2) is 30.9 Å². The van der Waals surface area contributed by atoms with Crippen molar-refractivity contribution >= 4 is 17.9 Å². The van der Waals surface area contributed by atoms with Crippen molar-refractivity contribution in [1.29, 1.82) is 0 Å². The standard InChI is InChI=1S/C26H41N3O5/c1-8-10-11-15-27-23(31)22(20-14-12-13-18(3)19(20)4)29(16-9-2)24(32)21(17-30)28-25(33)34-26(5,6)7/h9,12-14,21-22,30H,2,8,10-11,15-17H2,1,3-7H3,(H,27,31)(H,28,33). The quantitative estimate of drug-likeness (QED) is 0.316. The highest BCUT2D eigenvalue weighted by Gasteiger charge is 2.36. The third kappa shape index (κ3) is 8.82. The summed E-state index contributed by atoms with van der Waals surface area (Å²) in [5, 5.41) is 15.3. The Kier molecular flexibility index (Phi) is 11.8. The van der Waals surface area contributed by atoms with E-state index < -0.39 is 36.3 Å². The van der Waals surface area contributed by atoms with Gasteiger partial charge in [-0.05, 0) is 57.7 Å². The first-order valence-corrected chi connectivity index (χ1v) is 11.8. The van der Waals surface area contributed by atoms with Gasteiger partial charge in [-0.2, -0.15) is 0 Å². The maximum absolute atomic E-state index is 13.5. The number of alkyl carbamates (subject to hydrolysis) is 1. The molecule has 2 atom stereocenters. The molecule has 0 aliphatic rings. The molecule has 0 saturated heterocycles. The summed E-state index contributed by atoms with van der Waals surface area (Å²) >= 11 is 0. The number of hydrogen-bond donors (Lipinski definition) is 3. The van der Waals surface area contributed by atoms with Gasteiger partial charge in [0.25, 0.3) is 0 Å². The lowest BCUT2D eigenvalue weighted by molar-refractivity contribution is -0.142. The smallest absolute Gasteiger partial charge is 0.408 e. The molecular weight excluding hydrogens is 434 g/mol. The number of benzene rings is 1. The Morgan fingerprint density at radius 1 is 1.21 bits per heavy atom. The number of amides is 3. The first-order chi connectivity index (χ1) is 16.0. The number of ether oxygens (including phenoxy) is 1. The molecule has 0 spiro atoms. The first-order valence-electron chi connectivity index (χ1n) is 11.8. The average Bonchev–Trinajstić information content (AvgIpc) is 2.75. The number of aliphatic hydroxyl groups is 1. The van der Waals surface area contributed by atoms with Crippen LogP contribution in [0.5, 0.6) is 0 Å². The number of nitrogens with zero attached hydrogens (tertiary/aromatic N) is 1. The molecule has 34 heavy (non-hydrogen) atoms. The van der Waals surface area contributed by atoms with Gasteiger partial charge in [0.15, 0.2) is 0 Å². The first kappa shape index (κ1) is 29.2. The van der Waals surface area contributed by atoms with Gasteiger partial charge in [-0.15, -0.1) is 6.58 Å². The summed E-state index contributed by atoms with van der Waals surface area (Å²) in [5.41, 5.74) is 1.78. The Morgan fingerprint density at radius 2 is 1.88 bits per heavy atom. The van der Waals surface area contributed by atoms with Gasteiger partial charge < -0.3 is 25.4 Å². The van der Waals surface area contributed by atoms with Gasteiger partial charge in [-0.1, -0.05) is 44.0 Å². The van der Waals surface area contributed by atoms with E-state index in [1.54, 1.807) is 20.8 Å². The molecule has 0 aliphatic heterocycles. The third-order valence-corrected chi connectivity index (χ3v) is 5.36. The van der Waals surface area contributed by atoms with Gasteiger partial charge >= 0.3 is 6.09 Å². The van der Waals surface area contributed by atoms with E-state index in [0.717, 1.165) is 30.4 Å². The van der Waals surface area contributed by atoms with Gasteiger partial charge in [0.1, 0.15) is 17.7 Å². The van der Waals surface area contributed by atoms with Crippen molar-refractivity contribution in [2.24, 2.45) is 0 Å². The van der Waals surface area contributed by atoms with Crippen molar-refractivity contribution in [3.8, 4) is 0 Å². The minimum absolute atomic E-state index is 0.0474. The van der Waals surface area contributed by atoms with E-state index in [4.69, 9.17) is 4.74 Å². The van der Waals surface area contributed by atoms with Crippen LogP contribution >= 0.6 is 0 Å². The average molecular weight is 476 g/mol. The van der Waals surface area contributed by atoms with Gasteiger partial charge in [0, 0.05) is 13.1 Å². The summed E-state index contributed by atoms with van der Waals surface area (Å²) < 4.78 is 5.23. The summed E-state index contributed by atoms with van der Waals surface area (Å²) in [7, 11) is 0. The zero-order chi connectivity index (χ0) is 25.9. The summed E-state index contributed by atoms with van der Waals surface area (Å²) in [5.74, 6) is -0.933. The molecule has 0 saturated carbocycles. The third-order valence-electron chi connectivity index (χ3n) is 5.36. The summed E-state index contributed by atoms with van der Waals surface area (Å²) in [4.78, 5) is 40.5. The minimum Gasteiger partial charge on any atom is -0.444 e. The molecule has 0 bridgehead atoms. The Hall–Kier alpha value is -2.87. The number of carbonyl (C=O) groups excluding carboxylic acids is 3. The Bertz CT molecular complexity index is 847. The molecular formula is C26H41N3O5. The van der Waals surface area contributed by atoms with E-state index in [0.29, 0.717) is 12.1 Å². The van der Waals surface area contributed by atoms with Crippen molar-refractivity contribution in [3.05, 3.63) is 47.5 Å². The molecule has 3 N–H and O–H groups in total. The van der Waals surface area contributed by atoms with E-state index in [2.05, 4.69) is 24.1 Å². The number of nitrogens with one attached hydrogen (secondary N) is 2. The maximum Gasteiger partial charge on any atom is 0.408 e. The predicted octanol–water partition coefficient (Wildman–Crippen LogP) is 3.55. The fourth-order valence-corrected chi connectivity index (χ4v) is 3.50. The Morgan fingerprint density at radius 3 is 2.44 bits per heavy atom. The largest absolute Gasteiger partial charge is 0.444 e. The topological polar surface area (TPSA) is 108 Å². The SMILES string of the molecule is C=CCN(C(=O)C(CO)NC(=O)OC(C)(C)C)C(C(=O)NCCCCC)c1cccc(C)c1C. The molecule has 1 aromatic carbocycles. The lowest BCUT2D eigenvalue weighted by Crippen LogP contribution is -2.54. The van der Waals surface area contributed by atoms with Crippen molar-refractivity contribution in [2.75, 3.05) is 19.7 Å². The van der Waals surface area contributed by atoms with E-state index >= 15 is 0 Å². The molecule has 0 aliphatic carbocycles. The van der Waals surface area contributed by atoms with Crippen LogP contribution in [0.4, 0.5) is 4.79 Å². The zero-order valence-corrected chi connectivity index (χ0v) is 21.4. The lowest BCUT2D eigenvalue weighted by atomic mass is 9.95. The predicted molar refractivity (Wildman–Crippen MR) is 133 cm³/mol. The zero-order valence-electron chi connectivity index (χ0n) is 21.4. The second-order valence-electron chi connectivity index (χ2n) is 9.35. The second-order valence-corrected chi connectivity index (χ2v) is 9.35. The van der Waals surface area contributed by atoms with Gasteiger partial charge in [0.05, 0.1) is 6.61 Å². The molecule has 0 fully saturated rings. The lowest BCUT2D eigenvalue weighted by Gasteiger charge is -2.34. The van der Waals surface area contributed by atoms with Crippen molar-refractivity contribution < 1.29 is 24.2 Å². The van der Waals surface area contributed by atoms with Crippen LogP contribution in [0, 0.1) is 13.8 Å². The molecule has 190 valence electrons. The molecule has 1 aromatic rings. The monoisotopic (exact) mass is 475 g/mol. The second kappa shape index (κ2) is 13.7. The highest BCUT2D eigenvalue weighted by Crippen LogP contribution is 2.27. The van der Waals surface area contributed by atoms with Crippen LogP contribution in [-0.2, 0) is 14.3 Å². The van der Waals surface area contributed by atoms with E-state index in [1.165, 1.54) is 11.0 Å². The van der Waals surface area contributed by atoms with Crippen molar-refractivity contribution in [3.63, 3.8) is 0 Å². The van der Waals surface area contributed by atoms with Crippen LogP contribution in [0.3, 0.4) is 0 Å². The van der Waals surface area contributed by atoms with Crippen LogP contribution < -0.4 is 10.6 Å². The minimum atomic E-state index is -1.28. The van der Waals surface area contributed by atoms with Crippen LogP contribution in [0.2, 0.25) is 0 Å². The fourth-order valence-electron chi connectivity index (χ4n) is 3.50. The number of unbranched alkanes of at least 4 members (excludes halogenated alkanes) is 2. The van der Waals surface area contributed by atoms with Crippen molar-refractivity contribution in [1.82, 2.24) is 15.5 Å². The number of carbonyl (C=O) groups is 3. The van der Waals surface area contributed by atoms with E-state index in [-0.39, 0.29) is 12.5 Å². The molecule has 8 heteroatoms. The molecule has 8 nitrogen and oxygen atoms in total. The summed E-state index contributed by atoms with van der Waals surface area (Å²) in [6.07, 6.45) is 3.52. The van der Waals surface area contributed by atoms with Crippen LogP contribution in [0.1, 0.15) is 69.7 Å². The number of aliphatic hydroxyl groups excluding tert-OH is 1.